The van der Waals surface area contributed by atoms with E-state index < -0.39 is 10.1 Å². The summed E-state index contributed by atoms with van der Waals surface area (Å²) in [6.07, 6.45) is 5.75. The first-order valence-electron chi connectivity index (χ1n) is 11.8. The summed E-state index contributed by atoms with van der Waals surface area (Å²) in [6.45, 7) is 9.89. The molecule has 0 fully saturated rings. The number of anilines is 2. The van der Waals surface area contributed by atoms with Crippen LogP contribution in [0.3, 0.4) is 0 Å². The Hall–Kier alpha value is -1.58. The van der Waals surface area contributed by atoms with Crippen molar-refractivity contribution in [2.45, 2.75) is 55.7 Å². The minimum absolute atomic E-state index is 0.0886. The van der Waals surface area contributed by atoms with Gasteiger partial charge in [0.05, 0.1) is 26.5 Å². The zero-order valence-corrected chi connectivity index (χ0v) is 23.7. The van der Waals surface area contributed by atoms with Gasteiger partial charge in [-0.15, -0.1) is 0 Å². The Bertz CT molecular complexity index is 1290. The van der Waals surface area contributed by atoms with E-state index in [1.54, 1.807) is 11.8 Å². The van der Waals surface area contributed by atoms with Crippen molar-refractivity contribution in [2.75, 3.05) is 28.6 Å². The minimum Gasteiger partial charge on any atom is -0.748 e. The van der Waals surface area contributed by atoms with Gasteiger partial charge in [-0.1, -0.05) is 30.3 Å². The van der Waals surface area contributed by atoms with Gasteiger partial charge in [-0.2, -0.15) is 0 Å². The lowest BCUT2D eigenvalue weighted by atomic mass is 10.1. The maximum absolute atomic E-state index is 11.2. The number of thioether (sulfide) groups is 1. The average Bonchev–Trinajstić information content (AvgIpc) is 3.29. The third-order valence-electron chi connectivity index (χ3n) is 6.37. The number of allylic oxidation sites excluding steroid dienone is 2. The molecule has 0 saturated carbocycles. The summed E-state index contributed by atoms with van der Waals surface area (Å²) in [5.41, 5.74) is 5.96. The first kappa shape index (κ1) is 26.5. The van der Waals surface area contributed by atoms with Crippen LogP contribution in [0.4, 0.5) is 11.4 Å². The predicted octanol–water partition coefficient (Wildman–Crippen LogP) is 6.02. The Morgan fingerprint density at radius 3 is 2.60 bits per heavy atom. The summed E-state index contributed by atoms with van der Waals surface area (Å²) < 4.78 is 33.6. The van der Waals surface area contributed by atoms with Crippen LogP contribution in [-0.4, -0.2) is 37.2 Å². The quantitative estimate of drug-likeness (QED) is 0.227. The van der Waals surface area contributed by atoms with Crippen molar-refractivity contribution < 1.29 is 13.0 Å². The van der Waals surface area contributed by atoms with Gasteiger partial charge in [0, 0.05) is 40.5 Å². The zero-order valence-electron chi connectivity index (χ0n) is 20.4. The van der Waals surface area contributed by atoms with Gasteiger partial charge in [-0.25, -0.2) is 8.42 Å². The van der Waals surface area contributed by atoms with Crippen LogP contribution < -0.4 is 9.80 Å². The van der Waals surface area contributed by atoms with Gasteiger partial charge in [-0.05, 0) is 92.8 Å². The molecule has 1 atom stereocenters. The fraction of sp³-hybridized carbons (Fsp3) is 0.385. The highest BCUT2D eigenvalue weighted by Crippen LogP contribution is 2.47. The first-order valence-corrected chi connectivity index (χ1v) is 15.5. The number of thiol groups is 1. The van der Waals surface area contributed by atoms with Gasteiger partial charge in [0.2, 0.25) is 5.37 Å². The highest BCUT2D eigenvalue weighted by molar-refractivity contribution is 8.03. The molecule has 0 N–H and O–H groups in total. The predicted molar refractivity (Wildman–Crippen MR) is 150 cm³/mol. The number of halogens is 1. The van der Waals surface area contributed by atoms with Crippen molar-refractivity contribution in [2.24, 2.45) is 0 Å². The maximum atomic E-state index is 11.2. The summed E-state index contributed by atoms with van der Waals surface area (Å²) in [5, 5.41) is 2.01. The molecule has 0 bridgehead atoms. The highest BCUT2D eigenvalue weighted by Gasteiger charge is 2.36. The molecule has 2 aliphatic heterocycles. The molecule has 0 radical (unpaired) electrons. The van der Waals surface area contributed by atoms with Gasteiger partial charge in [-0.3, -0.25) is 0 Å². The largest absolute Gasteiger partial charge is 0.748 e. The van der Waals surface area contributed by atoms with Crippen LogP contribution >= 0.6 is 23.4 Å². The van der Waals surface area contributed by atoms with E-state index in [-0.39, 0.29) is 11.1 Å². The van der Waals surface area contributed by atoms with Crippen LogP contribution in [0.15, 0.2) is 62.9 Å². The van der Waals surface area contributed by atoms with Gasteiger partial charge in [0.15, 0.2) is 4.90 Å². The van der Waals surface area contributed by atoms with E-state index in [1.165, 1.54) is 43.3 Å². The first-order chi connectivity index (χ1) is 16.6. The molecule has 188 valence electrons. The maximum Gasteiger partial charge on any atom is 0.213 e. The summed E-state index contributed by atoms with van der Waals surface area (Å²) in [4.78, 5) is 7.00. The number of hydrogen-bond acceptors (Lipinski definition) is 6. The third-order valence-corrected chi connectivity index (χ3v) is 9.84. The van der Waals surface area contributed by atoms with E-state index in [0.29, 0.717) is 13.0 Å². The van der Waals surface area contributed by atoms with Gasteiger partial charge in [0.1, 0.15) is 0 Å². The summed E-state index contributed by atoms with van der Waals surface area (Å²) in [6, 6.07) is 10.4. The van der Waals surface area contributed by atoms with Crippen molar-refractivity contribution in [1.82, 2.24) is 0 Å². The number of hydrogen-bond donors (Lipinski definition) is 0. The number of aryl methyl sites for hydroxylation is 2. The number of nitrogens with zero attached hydrogens (tertiary/aromatic N) is 2. The average molecular weight is 551 g/mol. The molecule has 0 aromatic heterocycles. The minimum atomic E-state index is -4.23. The van der Waals surface area contributed by atoms with Crippen molar-refractivity contribution in [3.8, 4) is 0 Å². The topological polar surface area (TPSA) is 63.7 Å². The number of fused-ring (bicyclic) bond motifs is 2. The molecule has 9 heteroatoms. The molecule has 35 heavy (non-hydrogen) atoms. The second-order valence-corrected chi connectivity index (χ2v) is 13.1. The molecule has 0 spiro atoms. The number of rotatable bonds is 8. The molecular formula is C26H31ClN2O3S3. The number of benzene rings is 2. The van der Waals surface area contributed by atoms with Crippen LogP contribution in [0.2, 0.25) is 5.02 Å². The molecular weight excluding hydrogens is 520 g/mol. The normalized spacial score (nSPS) is 19.0. The van der Waals surface area contributed by atoms with Crippen LogP contribution in [0.5, 0.6) is 0 Å². The van der Waals surface area contributed by atoms with Crippen LogP contribution in [0.1, 0.15) is 37.8 Å². The van der Waals surface area contributed by atoms with Crippen LogP contribution in [-0.2, 0) is 21.9 Å². The second-order valence-electron chi connectivity index (χ2n) is 8.81. The molecule has 0 amide bonds. The Morgan fingerprint density at radius 2 is 1.91 bits per heavy atom. The molecule has 1 unspecified atom stereocenters. The van der Waals surface area contributed by atoms with Gasteiger partial charge in [0.25, 0.3) is 0 Å². The Balaban J connectivity index is 1.64. The molecule has 0 aliphatic carbocycles. The van der Waals surface area contributed by atoms with E-state index >= 15 is 0 Å². The fourth-order valence-electron chi connectivity index (χ4n) is 4.39. The molecule has 0 saturated heterocycles. The molecule has 4 rings (SSSR count). The summed E-state index contributed by atoms with van der Waals surface area (Å²) in [7, 11) is -4.23. The lowest BCUT2D eigenvalue weighted by molar-refractivity contribution is 0.461. The Labute approximate surface area is 222 Å². The van der Waals surface area contributed by atoms with Crippen LogP contribution in [0.25, 0.3) is 0 Å². The molecule has 2 aliphatic rings. The molecule has 2 heterocycles. The van der Waals surface area contributed by atoms with Gasteiger partial charge >= 0.3 is 0 Å². The van der Waals surface area contributed by atoms with Gasteiger partial charge < -0.3 is 14.4 Å². The SMILES string of the molecule is CCC(/C=C1\Sc2ccc(Cl)cc2N1CC)=C\C1[SH+]c2cc(C)c(C)cc2N1CCCS(=O)(=O)[O-]. The van der Waals surface area contributed by atoms with Crippen LogP contribution in [0, 0.1) is 13.8 Å². The van der Waals surface area contributed by atoms with E-state index in [9.17, 15) is 13.0 Å². The second kappa shape index (κ2) is 10.8. The van der Waals surface area contributed by atoms with Crippen molar-refractivity contribution in [3.05, 3.63) is 69.2 Å². The highest BCUT2D eigenvalue weighted by atomic mass is 35.5. The smallest absolute Gasteiger partial charge is 0.213 e. The lowest BCUT2D eigenvalue weighted by Gasteiger charge is -2.22. The molecule has 5 nitrogen and oxygen atoms in total. The molecule has 2 aromatic rings. The van der Waals surface area contributed by atoms with Crippen molar-refractivity contribution in [3.63, 3.8) is 0 Å². The van der Waals surface area contributed by atoms with E-state index in [0.717, 1.165) is 29.4 Å². The Morgan fingerprint density at radius 1 is 1.17 bits per heavy atom. The zero-order chi connectivity index (χ0) is 25.3. The summed E-state index contributed by atoms with van der Waals surface area (Å²) >= 11 is 9.19. The van der Waals surface area contributed by atoms with Crippen molar-refractivity contribution in [1.29, 1.82) is 0 Å². The van der Waals surface area contributed by atoms with E-state index in [4.69, 9.17) is 11.6 Å². The monoisotopic (exact) mass is 550 g/mol. The van der Waals surface area contributed by atoms with E-state index in [2.05, 4.69) is 67.8 Å². The molecule has 2 aromatic carbocycles. The van der Waals surface area contributed by atoms with Crippen molar-refractivity contribution >= 4 is 56.6 Å². The fourth-order valence-corrected chi connectivity index (χ4v) is 7.75. The standard InChI is InChI=1S/C26H31ClN2O3S3/c1-5-19(14-25-28(6-2)22-16-20(27)8-9-23(22)33-25)15-26-29(10-7-11-35(30,31)32)21-12-17(3)18(4)13-24(21)34-26/h8-9,12-16,26H,5-7,10-11H2,1-4H3,(H,30,31,32)/b19-15+,25-14-. The lowest BCUT2D eigenvalue weighted by Crippen LogP contribution is -2.32. The van der Waals surface area contributed by atoms with E-state index in [1.807, 2.05) is 12.1 Å². The third kappa shape index (κ3) is 6.05. The summed E-state index contributed by atoms with van der Waals surface area (Å²) in [5.74, 6) is -0.343. The Kier molecular flexibility index (Phi) is 8.18.